The van der Waals surface area contributed by atoms with Crippen LogP contribution in [0.4, 0.5) is 8.78 Å². The molecular weight excluding hydrogens is 196 g/mol. The first-order valence-electron chi connectivity index (χ1n) is 3.88. The molecule has 0 radical (unpaired) electrons. The quantitative estimate of drug-likeness (QED) is 0.743. The molecule has 1 aromatic carbocycles. The number of alkyl halides is 2. The number of nitrogens with one attached hydrogen (secondary N) is 1. The summed E-state index contributed by atoms with van der Waals surface area (Å²) < 4.78 is 24.8. The Hall–Kier alpha value is -0.670. The second-order valence-corrected chi connectivity index (χ2v) is 2.89. The molecule has 0 aliphatic carbocycles. The number of rotatable bonds is 1. The van der Waals surface area contributed by atoms with Crippen LogP contribution in [-0.4, -0.2) is 0 Å². The summed E-state index contributed by atoms with van der Waals surface area (Å²) in [6.07, 6.45) is -2.35. The summed E-state index contributed by atoms with van der Waals surface area (Å²) in [5, 5.41) is 3.05. The molecule has 1 N–H and O–H groups in total. The van der Waals surface area contributed by atoms with Crippen molar-refractivity contribution in [3.63, 3.8) is 0 Å². The van der Waals surface area contributed by atoms with Crippen molar-refractivity contribution in [1.29, 1.82) is 0 Å². The highest BCUT2D eigenvalue weighted by atomic mass is 35.5. The first kappa shape index (κ1) is 10.4. The van der Waals surface area contributed by atoms with E-state index in [0.717, 1.165) is 17.7 Å². The molecule has 0 unspecified atom stereocenters. The Bertz CT molecular complexity index is 302. The molecule has 4 heteroatoms. The summed E-state index contributed by atoms with van der Waals surface area (Å²) in [5.41, 5.74) is 1.97. The van der Waals surface area contributed by atoms with Gasteiger partial charge in [0.2, 0.25) is 0 Å². The Morgan fingerprint density at radius 3 is 2.69 bits per heavy atom. The fraction of sp³-hybridized carbons (Fsp3) is 0.333. The van der Waals surface area contributed by atoms with Crippen molar-refractivity contribution < 1.29 is 8.78 Å². The number of hydrogen-bond acceptors (Lipinski definition) is 1. The molecule has 1 aromatic rings. The van der Waals surface area contributed by atoms with Gasteiger partial charge in [-0.3, -0.25) is 0 Å². The SMILES string of the molecule is Cl.FC(F)c1cccc2c1CNC2. The van der Waals surface area contributed by atoms with Gasteiger partial charge in [0.15, 0.2) is 0 Å². The minimum absolute atomic E-state index is 0. The van der Waals surface area contributed by atoms with E-state index in [0.29, 0.717) is 6.54 Å². The molecule has 0 saturated carbocycles. The zero-order chi connectivity index (χ0) is 8.55. The van der Waals surface area contributed by atoms with Gasteiger partial charge in [-0.25, -0.2) is 8.78 Å². The lowest BCUT2D eigenvalue weighted by Gasteiger charge is -2.05. The van der Waals surface area contributed by atoms with Crippen LogP contribution in [0.1, 0.15) is 23.1 Å². The highest BCUT2D eigenvalue weighted by molar-refractivity contribution is 5.85. The van der Waals surface area contributed by atoms with Crippen LogP contribution >= 0.6 is 12.4 Å². The molecule has 0 saturated heterocycles. The molecule has 1 heterocycles. The van der Waals surface area contributed by atoms with E-state index in [1.54, 1.807) is 6.07 Å². The van der Waals surface area contributed by atoms with Gasteiger partial charge in [-0.15, -0.1) is 12.4 Å². The Morgan fingerprint density at radius 2 is 2.00 bits per heavy atom. The molecule has 0 spiro atoms. The minimum Gasteiger partial charge on any atom is -0.309 e. The van der Waals surface area contributed by atoms with E-state index in [2.05, 4.69) is 5.32 Å². The molecule has 0 aromatic heterocycles. The zero-order valence-electron chi connectivity index (χ0n) is 6.89. The van der Waals surface area contributed by atoms with Gasteiger partial charge < -0.3 is 5.32 Å². The maximum Gasteiger partial charge on any atom is 0.264 e. The Morgan fingerprint density at radius 1 is 1.23 bits per heavy atom. The van der Waals surface area contributed by atoms with Gasteiger partial charge in [0.25, 0.3) is 6.43 Å². The molecule has 0 atom stereocenters. The summed E-state index contributed by atoms with van der Waals surface area (Å²) in [6, 6.07) is 5.07. The Kier molecular flexibility index (Phi) is 3.22. The summed E-state index contributed by atoms with van der Waals surface area (Å²) in [6.45, 7) is 1.30. The highest BCUT2D eigenvalue weighted by Gasteiger charge is 2.18. The van der Waals surface area contributed by atoms with Crippen LogP contribution in [-0.2, 0) is 13.1 Å². The standard InChI is InChI=1S/C9H9F2N.ClH/c10-9(11)7-3-1-2-6-4-12-5-8(6)7;/h1-3,9,12H,4-5H2;1H. The molecule has 1 aliphatic rings. The van der Waals surface area contributed by atoms with Crippen molar-refractivity contribution in [3.8, 4) is 0 Å². The first-order chi connectivity index (χ1) is 5.79. The predicted octanol–water partition coefficient (Wildman–Crippen LogP) is 2.65. The third-order valence-corrected chi connectivity index (χ3v) is 2.16. The third kappa shape index (κ3) is 1.81. The molecule has 0 bridgehead atoms. The number of hydrogen-bond donors (Lipinski definition) is 1. The van der Waals surface area contributed by atoms with Crippen LogP contribution in [0.25, 0.3) is 0 Å². The number of benzene rings is 1. The minimum atomic E-state index is -2.35. The van der Waals surface area contributed by atoms with Crippen LogP contribution < -0.4 is 5.32 Å². The summed E-state index contributed by atoms with van der Waals surface area (Å²) in [5.74, 6) is 0. The second kappa shape index (κ2) is 4.03. The summed E-state index contributed by atoms with van der Waals surface area (Å²) in [4.78, 5) is 0. The predicted molar refractivity (Wildman–Crippen MR) is 49.2 cm³/mol. The van der Waals surface area contributed by atoms with E-state index in [1.807, 2.05) is 6.07 Å². The number of fused-ring (bicyclic) bond motifs is 1. The van der Waals surface area contributed by atoms with E-state index in [9.17, 15) is 8.78 Å². The highest BCUT2D eigenvalue weighted by Crippen LogP contribution is 2.27. The lowest BCUT2D eigenvalue weighted by Crippen LogP contribution is -2.01. The van der Waals surface area contributed by atoms with Gasteiger partial charge in [-0.05, 0) is 11.1 Å². The van der Waals surface area contributed by atoms with Crippen molar-refractivity contribution >= 4 is 12.4 Å². The van der Waals surface area contributed by atoms with Crippen molar-refractivity contribution in [2.24, 2.45) is 0 Å². The molecule has 1 nitrogen and oxygen atoms in total. The van der Waals surface area contributed by atoms with Gasteiger partial charge in [0.1, 0.15) is 0 Å². The summed E-state index contributed by atoms with van der Waals surface area (Å²) in [7, 11) is 0. The average Bonchev–Trinajstić information content (AvgIpc) is 2.49. The van der Waals surface area contributed by atoms with Gasteiger partial charge in [-0.2, -0.15) is 0 Å². The van der Waals surface area contributed by atoms with Crippen LogP contribution in [0, 0.1) is 0 Å². The van der Waals surface area contributed by atoms with Gasteiger partial charge in [0.05, 0.1) is 0 Å². The molecule has 1 aliphatic heterocycles. The maximum absolute atomic E-state index is 12.4. The number of halogens is 3. The first-order valence-corrected chi connectivity index (χ1v) is 3.88. The molecule has 72 valence electrons. The van der Waals surface area contributed by atoms with Crippen molar-refractivity contribution in [2.45, 2.75) is 19.5 Å². The van der Waals surface area contributed by atoms with Gasteiger partial charge in [0, 0.05) is 18.7 Å². The second-order valence-electron chi connectivity index (χ2n) is 2.89. The lowest BCUT2D eigenvalue weighted by atomic mass is 10.0. The third-order valence-electron chi connectivity index (χ3n) is 2.16. The van der Waals surface area contributed by atoms with Gasteiger partial charge in [-0.1, -0.05) is 18.2 Å². The van der Waals surface area contributed by atoms with Crippen LogP contribution in [0.5, 0.6) is 0 Å². The Balaban J connectivity index is 0.000000845. The fourth-order valence-electron chi connectivity index (χ4n) is 1.56. The molecule has 0 fully saturated rings. The van der Waals surface area contributed by atoms with E-state index in [-0.39, 0.29) is 18.0 Å². The molecular formula is C9H10ClF2N. The van der Waals surface area contributed by atoms with E-state index in [4.69, 9.17) is 0 Å². The van der Waals surface area contributed by atoms with Crippen molar-refractivity contribution in [1.82, 2.24) is 5.32 Å². The smallest absolute Gasteiger partial charge is 0.264 e. The van der Waals surface area contributed by atoms with E-state index < -0.39 is 6.43 Å². The van der Waals surface area contributed by atoms with Gasteiger partial charge >= 0.3 is 0 Å². The van der Waals surface area contributed by atoms with Crippen LogP contribution in [0.15, 0.2) is 18.2 Å². The summed E-state index contributed by atoms with van der Waals surface area (Å²) >= 11 is 0. The fourth-order valence-corrected chi connectivity index (χ4v) is 1.56. The van der Waals surface area contributed by atoms with E-state index in [1.165, 1.54) is 6.07 Å². The Labute approximate surface area is 81.6 Å². The van der Waals surface area contributed by atoms with Crippen molar-refractivity contribution in [3.05, 3.63) is 34.9 Å². The van der Waals surface area contributed by atoms with Crippen molar-refractivity contribution in [2.75, 3.05) is 0 Å². The largest absolute Gasteiger partial charge is 0.309 e. The monoisotopic (exact) mass is 205 g/mol. The topological polar surface area (TPSA) is 12.0 Å². The molecule has 2 rings (SSSR count). The normalized spacial score (nSPS) is 14.1. The molecule has 13 heavy (non-hydrogen) atoms. The van der Waals surface area contributed by atoms with Crippen LogP contribution in [0.2, 0.25) is 0 Å². The average molecular weight is 206 g/mol. The lowest BCUT2D eigenvalue weighted by molar-refractivity contribution is 0.150. The van der Waals surface area contributed by atoms with E-state index >= 15 is 0 Å². The molecule has 0 amide bonds. The zero-order valence-corrected chi connectivity index (χ0v) is 7.70. The maximum atomic E-state index is 12.4. The van der Waals surface area contributed by atoms with Crippen LogP contribution in [0.3, 0.4) is 0 Å².